The van der Waals surface area contributed by atoms with Crippen molar-refractivity contribution in [1.82, 2.24) is 15.0 Å². The Bertz CT molecular complexity index is 591. The minimum absolute atomic E-state index is 0.00904. The summed E-state index contributed by atoms with van der Waals surface area (Å²) in [4.78, 5) is 16.8. The number of carbonyl (C=O) groups excluding carboxylic acids is 1. The van der Waals surface area contributed by atoms with E-state index in [1.165, 1.54) is 0 Å². The van der Waals surface area contributed by atoms with Crippen LogP contribution in [0.2, 0.25) is 0 Å². The molecule has 6 nitrogen and oxygen atoms in total. The molecule has 0 saturated carbocycles. The minimum atomic E-state index is -0.525. The fourth-order valence-corrected chi connectivity index (χ4v) is 2.63. The van der Waals surface area contributed by atoms with Gasteiger partial charge in [0.2, 0.25) is 0 Å². The number of H-pyrrole nitrogens is 1. The number of carbonyl (C=O) groups is 1. The van der Waals surface area contributed by atoms with E-state index in [9.17, 15) is 9.90 Å². The van der Waals surface area contributed by atoms with Crippen LogP contribution in [0.4, 0.5) is 0 Å². The molecule has 2 atom stereocenters. The number of rotatable bonds is 3. The highest BCUT2D eigenvalue weighted by atomic mass is 16.5. The molecule has 1 aliphatic rings. The van der Waals surface area contributed by atoms with Crippen LogP contribution in [0.1, 0.15) is 21.8 Å². The summed E-state index contributed by atoms with van der Waals surface area (Å²) in [5.41, 5.74) is 1.45. The highest BCUT2D eigenvalue weighted by molar-refractivity contribution is 5.94. The van der Waals surface area contributed by atoms with Crippen LogP contribution in [0.3, 0.4) is 0 Å². The molecule has 106 valence electrons. The van der Waals surface area contributed by atoms with E-state index in [0.29, 0.717) is 25.1 Å². The number of aromatic nitrogens is 2. The molecule has 1 fully saturated rings. The van der Waals surface area contributed by atoms with Gasteiger partial charge in [-0.3, -0.25) is 4.79 Å². The van der Waals surface area contributed by atoms with Crippen LogP contribution in [0.15, 0.2) is 29.0 Å². The topological polar surface area (TPSA) is 82.4 Å². The van der Waals surface area contributed by atoms with E-state index < -0.39 is 6.10 Å². The van der Waals surface area contributed by atoms with Crippen LogP contribution in [-0.4, -0.2) is 45.2 Å². The van der Waals surface area contributed by atoms with Gasteiger partial charge in [0.15, 0.2) is 0 Å². The number of aryl methyl sites for hydroxylation is 1. The van der Waals surface area contributed by atoms with Crippen molar-refractivity contribution in [1.29, 1.82) is 0 Å². The molecule has 1 saturated heterocycles. The minimum Gasteiger partial charge on any atom is -0.391 e. The fourth-order valence-electron chi connectivity index (χ4n) is 2.63. The van der Waals surface area contributed by atoms with Gasteiger partial charge in [0.05, 0.1) is 17.4 Å². The number of aromatic amines is 1. The van der Waals surface area contributed by atoms with Crippen molar-refractivity contribution in [3.8, 4) is 0 Å². The standard InChI is InChI=1S/C14H17N3O3/c1-9-4-12(20-16-9)5-11-7-17(8-13(11)18)14(19)10-2-3-15-6-10/h2-4,6,11,13,15,18H,5,7-8H2,1H3/t11-,13-/m1/s1. The number of nitrogens with zero attached hydrogens (tertiary/aromatic N) is 2. The molecule has 2 N–H and O–H groups in total. The average molecular weight is 275 g/mol. The first-order valence-corrected chi connectivity index (χ1v) is 6.66. The predicted octanol–water partition coefficient (Wildman–Crippen LogP) is 0.987. The Labute approximate surface area is 116 Å². The Morgan fingerprint density at radius 2 is 2.45 bits per heavy atom. The van der Waals surface area contributed by atoms with E-state index in [-0.39, 0.29) is 11.8 Å². The van der Waals surface area contributed by atoms with Gasteiger partial charge in [0, 0.05) is 43.9 Å². The van der Waals surface area contributed by atoms with Crippen molar-refractivity contribution >= 4 is 5.91 Å². The molecule has 6 heteroatoms. The normalized spacial score (nSPS) is 22.4. The summed E-state index contributed by atoms with van der Waals surface area (Å²) < 4.78 is 5.17. The molecule has 0 radical (unpaired) electrons. The number of hydrogen-bond acceptors (Lipinski definition) is 4. The molecular formula is C14H17N3O3. The molecule has 3 heterocycles. The molecule has 0 aliphatic carbocycles. The highest BCUT2D eigenvalue weighted by Crippen LogP contribution is 2.23. The predicted molar refractivity (Wildman–Crippen MR) is 71.1 cm³/mol. The van der Waals surface area contributed by atoms with E-state index in [0.717, 1.165) is 11.5 Å². The first-order chi connectivity index (χ1) is 9.63. The zero-order chi connectivity index (χ0) is 14.1. The Balaban J connectivity index is 1.66. The lowest BCUT2D eigenvalue weighted by Crippen LogP contribution is -2.29. The Morgan fingerprint density at radius 3 is 3.10 bits per heavy atom. The number of hydrogen-bond donors (Lipinski definition) is 2. The molecule has 1 amide bonds. The van der Waals surface area contributed by atoms with Crippen LogP contribution in [0.5, 0.6) is 0 Å². The summed E-state index contributed by atoms with van der Waals surface area (Å²) in [6.45, 7) is 2.76. The molecule has 1 aliphatic heterocycles. The third kappa shape index (κ3) is 2.46. The fraction of sp³-hybridized carbons (Fsp3) is 0.429. The first-order valence-electron chi connectivity index (χ1n) is 6.66. The third-order valence-electron chi connectivity index (χ3n) is 3.68. The molecule has 0 unspecified atom stereocenters. The van der Waals surface area contributed by atoms with Gasteiger partial charge in [0.1, 0.15) is 5.76 Å². The van der Waals surface area contributed by atoms with Gasteiger partial charge in [-0.15, -0.1) is 0 Å². The van der Waals surface area contributed by atoms with Crippen LogP contribution in [0, 0.1) is 12.8 Å². The summed E-state index contributed by atoms with van der Waals surface area (Å²) in [5, 5.41) is 13.9. The number of aliphatic hydroxyl groups is 1. The lowest BCUT2D eigenvalue weighted by molar-refractivity contribution is 0.0765. The zero-order valence-electron chi connectivity index (χ0n) is 11.2. The molecule has 2 aromatic heterocycles. The maximum Gasteiger partial charge on any atom is 0.255 e. The quantitative estimate of drug-likeness (QED) is 0.875. The van der Waals surface area contributed by atoms with Crippen molar-refractivity contribution < 1.29 is 14.4 Å². The molecule has 2 aromatic rings. The van der Waals surface area contributed by atoms with Crippen LogP contribution in [0.25, 0.3) is 0 Å². The molecular weight excluding hydrogens is 258 g/mol. The van der Waals surface area contributed by atoms with Crippen molar-refractivity contribution in [2.45, 2.75) is 19.4 Å². The van der Waals surface area contributed by atoms with Gasteiger partial charge in [-0.1, -0.05) is 5.16 Å². The van der Waals surface area contributed by atoms with Crippen molar-refractivity contribution in [3.05, 3.63) is 41.5 Å². The summed E-state index contributed by atoms with van der Waals surface area (Å²) in [5.74, 6) is 0.689. The van der Waals surface area contributed by atoms with Gasteiger partial charge >= 0.3 is 0 Å². The first kappa shape index (κ1) is 12.9. The Morgan fingerprint density at radius 1 is 1.60 bits per heavy atom. The zero-order valence-corrected chi connectivity index (χ0v) is 11.2. The van der Waals surface area contributed by atoms with Gasteiger partial charge in [0.25, 0.3) is 5.91 Å². The molecule has 0 aromatic carbocycles. The van der Waals surface area contributed by atoms with Gasteiger partial charge in [-0.2, -0.15) is 0 Å². The maximum absolute atomic E-state index is 12.2. The van der Waals surface area contributed by atoms with Crippen molar-refractivity contribution in [3.63, 3.8) is 0 Å². The van der Waals surface area contributed by atoms with E-state index >= 15 is 0 Å². The van der Waals surface area contributed by atoms with Crippen molar-refractivity contribution in [2.24, 2.45) is 5.92 Å². The summed E-state index contributed by atoms with van der Waals surface area (Å²) in [6.07, 6.45) is 3.46. The number of amides is 1. The van der Waals surface area contributed by atoms with Crippen molar-refractivity contribution in [2.75, 3.05) is 13.1 Å². The van der Waals surface area contributed by atoms with Crippen LogP contribution >= 0.6 is 0 Å². The number of β-amino-alcohol motifs (C(OH)–C–C–N with tert-alkyl or cyclic N) is 1. The van der Waals surface area contributed by atoms with E-state index in [4.69, 9.17) is 4.52 Å². The van der Waals surface area contributed by atoms with Crippen LogP contribution in [-0.2, 0) is 6.42 Å². The maximum atomic E-state index is 12.2. The second kappa shape index (κ2) is 5.13. The smallest absolute Gasteiger partial charge is 0.255 e. The van der Waals surface area contributed by atoms with Gasteiger partial charge < -0.3 is 19.5 Å². The SMILES string of the molecule is Cc1cc(C[C@@H]2CN(C(=O)c3cc[nH]c3)C[C@H]2O)on1. The molecule has 0 spiro atoms. The van der Waals surface area contributed by atoms with E-state index in [1.807, 2.05) is 13.0 Å². The summed E-state index contributed by atoms with van der Waals surface area (Å²) >= 11 is 0. The number of nitrogens with one attached hydrogen (secondary N) is 1. The second-order valence-electron chi connectivity index (χ2n) is 5.28. The average Bonchev–Trinajstić information content (AvgIpc) is 3.12. The largest absolute Gasteiger partial charge is 0.391 e. The van der Waals surface area contributed by atoms with E-state index in [2.05, 4.69) is 10.1 Å². The lowest BCUT2D eigenvalue weighted by atomic mass is 10.0. The molecule has 3 rings (SSSR count). The molecule has 20 heavy (non-hydrogen) atoms. The van der Waals surface area contributed by atoms with Gasteiger partial charge in [-0.25, -0.2) is 0 Å². The monoisotopic (exact) mass is 275 g/mol. The molecule has 0 bridgehead atoms. The van der Waals surface area contributed by atoms with E-state index in [1.54, 1.807) is 23.4 Å². The highest BCUT2D eigenvalue weighted by Gasteiger charge is 2.35. The third-order valence-corrected chi connectivity index (χ3v) is 3.68. The lowest BCUT2D eigenvalue weighted by Gasteiger charge is -2.14. The van der Waals surface area contributed by atoms with Gasteiger partial charge in [-0.05, 0) is 13.0 Å². The Kier molecular flexibility index (Phi) is 3.31. The summed E-state index contributed by atoms with van der Waals surface area (Å²) in [7, 11) is 0. The second-order valence-corrected chi connectivity index (χ2v) is 5.28. The Hall–Kier alpha value is -2.08. The van der Waals surface area contributed by atoms with Crippen LogP contribution < -0.4 is 0 Å². The summed E-state index contributed by atoms with van der Waals surface area (Å²) in [6, 6.07) is 3.60. The number of aliphatic hydroxyl groups excluding tert-OH is 1. The number of likely N-dealkylation sites (tertiary alicyclic amines) is 1.